The quantitative estimate of drug-likeness (QED) is 0.910. The molecule has 0 spiro atoms. The normalized spacial score (nSPS) is 17.6. The van der Waals surface area contributed by atoms with Gasteiger partial charge in [0.15, 0.2) is 0 Å². The third kappa shape index (κ3) is 3.30. The molecule has 2 aromatic heterocycles. The largest absolute Gasteiger partial charge is 0.334 e. The van der Waals surface area contributed by atoms with Crippen LogP contribution in [0.2, 0.25) is 0 Å². The Morgan fingerprint density at radius 1 is 1.57 bits per heavy atom. The van der Waals surface area contributed by atoms with Crippen molar-refractivity contribution in [1.29, 1.82) is 0 Å². The highest BCUT2D eigenvalue weighted by Crippen LogP contribution is 2.29. The molecular weight excluding hydrogens is 310 g/mol. The van der Waals surface area contributed by atoms with Crippen molar-refractivity contribution in [1.82, 2.24) is 25.0 Å². The number of hydrogen-bond acceptors (Lipinski definition) is 5. The second-order valence-electron chi connectivity index (χ2n) is 5.98. The summed E-state index contributed by atoms with van der Waals surface area (Å²) in [5.74, 6) is 0.116. The van der Waals surface area contributed by atoms with Gasteiger partial charge in [-0.3, -0.25) is 9.48 Å². The summed E-state index contributed by atoms with van der Waals surface area (Å²) >= 11 is 1.47. The van der Waals surface area contributed by atoms with Gasteiger partial charge < -0.3 is 10.2 Å². The van der Waals surface area contributed by atoms with E-state index in [4.69, 9.17) is 0 Å². The van der Waals surface area contributed by atoms with Gasteiger partial charge in [0.05, 0.1) is 11.9 Å². The fourth-order valence-corrected chi connectivity index (χ4v) is 3.97. The number of aryl methyl sites for hydroxylation is 2. The smallest absolute Gasteiger partial charge is 0.266 e. The Morgan fingerprint density at radius 3 is 3.00 bits per heavy atom. The van der Waals surface area contributed by atoms with E-state index in [9.17, 15) is 4.79 Å². The lowest BCUT2D eigenvalue weighted by atomic mass is 10.2. The van der Waals surface area contributed by atoms with Crippen molar-refractivity contribution in [2.24, 2.45) is 7.05 Å². The van der Waals surface area contributed by atoms with Crippen LogP contribution in [0.1, 0.15) is 35.1 Å². The molecule has 0 aromatic carbocycles. The van der Waals surface area contributed by atoms with Gasteiger partial charge in [0.2, 0.25) is 0 Å². The maximum atomic E-state index is 13.0. The van der Waals surface area contributed by atoms with Crippen molar-refractivity contribution < 1.29 is 4.79 Å². The van der Waals surface area contributed by atoms with Gasteiger partial charge in [-0.1, -0.05) is 6.92 Å². The fourth-order valence-electron chi connectivity index (χ4n) is 2.98. The Balaban J connectivity index is 1.87. The molecule has 1 N–H and O–H groups in total. The van der Waals surface area contributed by atoms with E-state index in [0.717, 1.165) is 53.6 Å². The molecule has 1 unspecified atom stereocenters. The summed E-state index contributed by atoms with van der Waals surface area (Å²) in [5, 5.41) is 8.39. The number of nitrogens with zero attached hydrogens (tertiary/aromatic N) is 4. The molecule has 2 aromatic rings. The standard InChI is InChI=1S/C16H23N5OS/c1-4-7-21(13-5-6-17-9-13)16(22)14-11(2)19-15(23-14)12-8-18-20(3)10-12/h8,10,13,17H,4-7,9H2,1-3H3. The number of carbonyl (C=O) groups is 1. The van der Waals surface area contributed by atoms with Crippen LogP contribution in [0, 0.1) is 6.92 Å². The lowest BCUT2D eigenvalue weighted by Gasteiger charge is -2.27. The molecule has 1 amide bonds. The van der Waals surface area contributed by atoms with Gasteiger partial charge in [-0.15, -0.1) is 11.3 Å². The Morgan fingerprint density at radius 2 is 2.39 bits per heavy atom. The van der Waals surface area contributed by atoms with Gasteiger partial charge in [-0.05, 0) is 26.3 Å². The van der Waals surface area contributed by atoms with E-state index in [1.54, 1.807) is 10.9 Å². The predicted octanol–water partition coefficient (Wildman–Crippen LogP) is 2.07. The first-order valence-corrected chi connectivity index (χ1v) is 8.90. The molecule has 1 aliphatic rings. The molecule has 1 atom stereocenters. The summed E-state index contributed by atoms with van der Waals surface area (Å²) in [6.45, 7) is 6.70. The van der Waals surface area contributed by atoms with Gasteiger partial charge in [-0.2, -0.15) is 5.10 Å². The molecule has 3 rings (SSSR count). The van der Waals surface area contributed by atoms with Crippen molar-refractivity contribution in [2.75, 3.05) is 19.6 Å². The minimum atomic E-state index is 0.116. The van der Waals surface area contributed by atoms with Crippen LogP contribution in [0.4, 0.5) is 0 Å². The zero-order valence-electron chi connectivity index (χ0n) is 13.9. The van der Waals surface area contributed by atoms with E-state index in [0.29, 0.717) is 6.04 Å². The first-order valence-electron chi connectivity index (χ1n) is 8.08. The second kappa shape index (κ2) is 6.80. The lowest BCUT2D eigenvalue weighted by molar-refractivity contribution is 0.0696. The molecule has 7 heteroatoms. The Hall–Kier alpha value is -1.73. The first kappa shape index (κ1) is 16.1. The average molecular weight is 333 g/mol. The van der Waals surface area contributed by atoms with Gasteiger partial charge in [0, 0.05) is 37.9 Å². The molecule has 1 fully saturated rings. The number of thiazole rings is 1. The number of aromatic nitrogens is 3. The highest BCUT2D eigenvalue weighted by molar-refractivity contribution is 7.17. The number of hydrogen-bond donors (Lipinski definition) is 1. The van der Waals surface area contributed by atoms with Crippen LogP contribution in [0.3, 0.4) is 0 Å². The molecule has 0 bridgehead atoms. The predicted molar refractivity (Wildman–Crippen MR) is 91.7 cm³/mol. The van der Waals surface area contributed by atoms with Crippen LogP contribution in [-0.2, 0) is 7.05 Å². The van der Waals surface area contributed by atoms with Crippen molar-refractivity contribution in [3.8, 4) is 10.6 Å². The summed E-state index contributed by atoms with van der Waals surface area (Å²) in [6, 6.07) is 0.297. The summed E-state index contributed by atoms with van der Waals surface area (Å²) < 4.78 is 1.75. The lowest BCUT2D eigenvalue weighted by Crippen LogP contribution is -2.42. The zero-order valence-corrected chi connectivity index (χ0v) is 14.7. The molecule has 0 aliphatic carbocycles. The SMILES string of the molecule is CCCN(C(=O)c1sc(-c2cnn(C)c2)nc1C)C1CCNC1. The molecule has 1 aliphatic heterocycles. The van der Waals surface area contributed by atoms with E-state index in [-0.39, 0.29) is 5.91 Å². The fraction of sp³-hybridized carbons (Fsp3) is 0.562. The van der Waals surface area contributed by atoms with Crippen LogP contribution in [0.5, 0.6) is 0 Å². The van der Waals surface area contributed by atoms with Gasteiger partial charge in [0.1, 0.15) is 9.88 Å². The maximum Gasteiger partial charge on any atom is 0.266 e. The van der Waals surface area contributed by atoms with Crippen LogP contribution < -0.4 is 5.32 Å². The molecule has 0 radical (unpaired) electrons. The van der Waals surface area contributed by atoms with Crippen LogP contribution in [-0.4, -0.2) is 51.2 Å². The van der Waals surface area contributed by atoms with Crippen molar-refractivity contribution >= 4 is 17.2 Å². The maximum absolute atomic E-state index is 13.0. The number of amides is 1. The van der Waals surface area contributed by atoms with Gasteiger partial charge >= 0.3 is 0 Å². The Kier molecular flexibility index (Phi) is 4.77. The monoisotopic (exact) mass is 333 g/mol. The van der Waals surface area contributed by atoms with Crippen molar-refractivity contribution in [3.63, 3.8) is 0 Å². The average Bonchev–Trinajstić information content (AvgIpc) is 3.24. The third-order valence-corrected chi connectivity index (χ3v) is 5.34. The van der Waals surface area contributed by atoms with E-state index in [1.807, 2.05) is 25.1 Å². The summed E-state index contributed by atoms with van der Waals surface area (Å²) in [4.78, 5) is 20.4. The molecule has 1 saturated heterocycles. The molecule has 0 saturated carbocycles. The summed E-state index contributed by atoms with van der Waals surface area (Å²) in [7, 11) is 1.88. The molecule has 23 heavy (non-hydrogen) atoms. The number of nitrogens with one attached hydrogen (secondary N) is 1. The van der Waals surface area contributed by atoms with Crippen molar-refractivity contribution in [2.45, 2.75) is 32.7 Å². The Labute approximate surface area is 140 Å². The summed E-state index contributed by atoms with van der Waals surface area (Å²) in [5.41, 5.74) is 1.77. The number of carbonyl (C=O) groups excluding carboxylic acids is 1. The van der Waals surface area contributed by atoms with E-state index in [1.165, 1.54) is 11.3 Å². The van der Waals surface area contributed by atoms with Crippen LogP contribution >= 0.6 is 11.3 Å². The topological polar surface area (TPSA) is 63.1 Å². The molecule has 6 nitrogen and oxygen atoms in total. The number of rotatable bonds is 5. The molecular formula is C16H23N5OS. The molecule has 124 valence electrons. The first-order chi connectivity index (χ1) is 11.1. The third-order valence-electron chi connectivity index (χ3n) is 4.14. The van der Waals surface area contributed by atoms with Crippen LogP contribution in [0.25, 0.3) is 10.6 Å². The van der Waals surface area contributed by atoms with Gasteiger partial charge in [0.25, 0.3) is 5.91 Å². The van der Waals surface area contributed by atoms with Gasteiger partial charge in [-0.25, -0.2) is 4.98 Å². The highest BCUT2D eigenvalue weighted by Gasteiger charge is 2.29. The van der Waals surface area contributed by atoms with E-state index < -0.39 is 0 Å². The second-order valence-corrected chi connectivity index (χ2v) is 6.98. The minimum absolute atomic E-state index is 0.116. The minimum Gasteiger partial charge on any atom is -0.334 e. The van der Waals surface area contributed by atoms with Crippen molar-refractivity contribution in [3.05, 3.63) is 23.0 Å². The highest BCUT2D eigenvalue weighted by atomic mass is 32.1. The van der Waals surface area contributed by atoms with E-state index >= 15 is 0 Å². The van der Waals surface area contributed by atoms with Crippen LogP contribution in [0.15, 0.2) is 12.4 Å². The van der Waals surface area contributed by atoms with E-state index in [2.05, 4.69) is 22.3 Å². The Bertz CT molecular complexity index is 686. The zero-order chi connectivity index (χ0) is 16.4. The summed E-state index contributed by atoms with van der Waals surface area (Å²) in [6.07, 6.45) is 5.71. The molecule has 3 heterocycles.